The van der Waals surface area contributed by atoms with Crippen LogP contribution in [0, 0.1) is 19.7 Å². The average molecular weight is 408 g/mol. The highest BCUT2D eigenvalue weighted by molar-refractivity contribution is 5.74. The largest absolute Gasteiger partial charge is 0.490 e. The molecule has 0 saturated carbocycles. The number of rotatable bonds is 6. The van der Waals surface area contributed by atoms with Crippen molar-refractivity contribution in [3.05, 3.63) is 82.3 Å². The van der Waals surface area contributed by atoms with Crippen molar-refractivity contribution < 1.29 is 14.2 Å². The van der Waals surface area contributed by atoms with Crippen LogP contribution in [0.1, 0.15) is 11.1 Å². The molecule has 0 spiro atoms. The van der Waals surface area contributed by atoms with Gasteiger partial charge in [-0.25, -0.2) is 14.1 Å². The molecule has 2 heterocycles. The topological polar surface area (TPSA) is 82.2 Å². The number of para-hydroxylation sites is 1. The second-order valence-electron chi connectivity index (χ2n) is 7.16. The summed E-state index contributed by atoms with van der Waals surface area (Å²) in [6.07, 6.45) is 1.90. The third-order valence-corrected chi connectivity index (χ3v) is 4.86. The molecule has 8 heteroatoms. The van der Waals surface area contributed by atoms with E-state index in [0.29, 0.717) is 16.7 Å². The van der Waals surface area contributed by atoms with Crippen LogP contribution < -0.4 is 10.3 Å². The Kier molecular flexibility index (Phi) is 5.33. The van der Waals surface area contributed by atoms with Gasteiger partial charge in [0, 0.05) is 0 Å². The Morgan fingerprint density at radius 1 is 1.13 bits per heavy atom. The van der Waals surface area contributed by atoms with Gasteiger partial charge in [0.05, 0.1) is 18.4 Å². The maximum Gasteiger partial charge on any atom is 0.264 e. The monoisotopic (exact) mass is 408 g/mol. The van der Waals surface area contributed by atoms with Gasteiger partial charge in [0.15, 0.2) is 5.65 Å². The lowest BCUT2D eigenvalue weighted by atomic mass is 10.1. The number of aryl methyl sites for hydroxylation is 2. The van der Waals surface area contributed by atoms with Gasteiger partial charge in [-0.15, -0.1) is 0 Å². The lowest BCUT2D eigenvalue weighted by Gasteiger charge is -2.16. The van der Waals surface area contributed by atoms with E-state index in [1.165, 1.54) is 33.9 Å². The summed E-state index contributed by atoms with van der Waals surface area (Å²) >= 11 is 0. The van der Waals surface area contributed by atoms with Gasteiger partial charge in [0.2, 0.25) is 0 Å². The van der Waals surface area contributed by atoms with Gasteiger partial charge in [-0.2, -0.15) is 5.10 Å². The van der Waals surface area contributed by atoms with Crippen molar-refractivity contribution in [2.45, 2.75) is 26.5 Å². The molecule has 0 bridgehead atoms. The van der Waals surface area contributed by atoms with Gasteiger partial charge in [-0.3, -0.25) is 9.36 Å². The molecule has 4 aromatic rings. The molecule has 0 aliphatic rings. The average Bonchev–Trinajstić information content (AvgIpc) is 3.15. The summed E-state index contributed by atoms with van der Waals surface area (Å²) in [5, 5.41) is 14.9. The van der Waals surface area contributed by atoms with E-state index in [0.717, 1.165) is 16.9 Å². The quantitative estimate of drug-likeness (QED) is 0.531. The summed E-state index contributed by atoms with van der Waals surface area (Å²) in [5.41, 5.74) is 2.60. The van der Waals surface area contributed by atoms with E-state index in [-0.39, 0.29) is 24.5 Å². The number of aromatic nitrogens is 4. The van der Waals surface area contributed by atoms with E-state index < -0.39 is 6.10 Å². The first-order valence-corrected chi connectivity index (χ1v) is 9.50. The second kappa shape index (κ2) is 8.08. The zero-order valence-corrected chi connectivity index (χ0v) is 16.6. The molecule has 0 radical (unpaired) electrons. The molecule has 7 nitrogen and oxygen atoms in total. The number of benzene rings is 2. The van der Waals surface area contributed by atoms with Crippen LogP contribution in [-0.4, -0.2) is 37.1 Å². The van der Waals surface area contributed by atoms with E-state index in [1.54, 1.807) is 12.1 Å². The minimum atomic E-state index is -0.895. The number of hydrogen-bond acceptors (Lipinski definition) is 5. The predicted molar refractivity (Wildman–Crippen MR) is 111 cm³/mol. The lowest BCUT2D eigenvalue weighted by molar-refractivity contribution is 0.0908. The van der Waals surface area contributed by atoms with Crippen LogP contribution in [0.3, 0.4) is 0 Å². The van der Waals surface area contributed by atoms with E-state index in [9.17, 15) is 14.3 Å². The number of nitrogens with zero attached hydrogens (tertiary/aromatic N) is 4. The minimum Gasteiger partial charge on any atom is -0.490 e. The second-order valence-corrected chi connectivity index (χ2v) is 7.16. The highest BCUT2D eigenvalue weighted by Gasteiger charge is 2.15. The summed E-state index contributed by atoms with van der Waals surface area (Å²) < 4.78 is 21.7. The first-order chi connectivity index (χ1) is 14.4. The van der Waals surface area contributed by atoms with Crippen molar-refractivity contribution in [1.82, 2.24) is 19.3 Å². The summed E-state index contributed by atoms with van der Waals surface area (Å²) in [5.74, 6) is 0.376. The number of hydrogen-bond donors (Lipinski definition) is 1. The van der Waals surface area contributed by atoms with Crippen molar-refractivity contribution >= 4 is 11.0 Å². The molecule has 0 aliphatic heterocycles. The number of aliphatic hydroxyl groups excluding tert-OH is 1. The number of halogens is 1. The van der Waals surface area contributed by atoms with Crippen molar-refractivity contribution in [2.75, 3.05) is 6.61 Å². The van der Waals surface area contributed by atoms with Crippen LogP contribution in [0.25, 0.3) is 16.7 Å². The first-order valence-electron chi connectivity index (χ1n) is 9.50. The van der Waals surface area contributed by atoms with Crippen molar-refractivity contribution in [1.29, 1.82) is 0 Å². The Hall–Kier alpha value is -3.52. The molecule has 0 amide bonds. The van der Waals surface area contributed by atoms with E-state index >= 15 is 0 Å². The fourth-order valence-corrected chi connectivity index (χ4v) is 3.34. The van der Waals surface area contributed by atoms with Gasteiger partial charge in [-0.05, 0) is 49.2 Å². The molecule has 0 saturated heterocycles. The third kappa shape index (κ3) is 3.81. The maximum absolute atomic E-state index is 13.2. The van der Waals surface area contributed by atoms with Crippen molar-refractivity contribution in [2.24, 2.45) is 0 Å². The Balaban J connectivity index is 1.53. The maximum atomic E-state index is 13.2. The molecular weight excluding hydrogens is 387 g/mol. The summed E-state index contributed by atoms with van der Waals surface area (Å²) in [4.78, 5) is 17.1. The van der Waals surface area contributed by atoms with Crippen LogP contribution in [0.4, 0.5) is 4.39 Å². The van der Waals surface area contributed by atoms with E-state index in [2.05, 4.69) is 10.1 Å². The van der Waals surface area contributed by atoms with E-state index in [4.69, 9.17) is 4.74 Å². The highest BCUT2D eigenvalue weighted by atomic mass is 19.1. The zero-order chi connectivity index (χ0) is 21.3. The Morgan fingerprint density at radius 2 is 1.83 bits per heavy atom. The smallest absolute Gasteiger partial charge is 0.264 e. The summed E-state index contributed by atoms with van der Waals surface area (Å²) in [6.45, 7) is 3.96. The third-order valence-electron chi connectivity index (χ3n) is 4.86. The van der Waals surface area contributed by atoms with E-state index in [1.807, 2.05) is 32.0 Å². The molecule has 30 heavy (non-hydrogen) atoms. The molecule has 0 aliphatic carbocycles. The van der Waals surface area contributed by atoms with Crippen molar-refractivity contribution in [3.8, 4) is 11.4 Å². The Bertz CT molecular complexity index is 1230. The number of fused-ring (bicyclic) bond motifs is 1. The van der Waals surface area contributed by atoms with Gasteiger partial charge >= 0.3 is 0 Å². The molecule has 2 aromatic heterocycles. The molecule has 0 fully saturated rings. The normalized spacial score (nSPS) is 12.3. The number of aliphatic hydroxyl groups is 1. The summed E-state index contributed by atoms with van der Waals surface area (Å²) in [6, 6.07) is 11.6. The van der Waals surface area contributed by atoms with Crippen LogP contribution >= 0.6 is 0 Å². The standard InChI is InChI=1S/C22H21FN4O3/c1-14-4-3-5-15(2)20(14)30-12-18(28)11-26-13-24-21-19(22(26)29)10-25-27(21)17-8-6-16(23)7-9-17/h3-10,13,18,28H,11-12H2,1-2H3/t18-/m1/s1. The molecular formula is C22H21FN4O3. The van der Waals surface area contributed by atoms with Crippen LogP contribution in [0.15, 0.2) is 59.8 Å². The van der Waals surface area contributed by atoms with Crippen LogP contribution in [-0.2, 0) is 6.54 Å². The van der Waals surface area contributed by atoms with Gasteiger partial charge < -0.3 is 9.84 Å². The van der Waals surface area contributed by atoms with Gasteiger partial charge in [0.25, 0.3) is 5.56 Å². The van der Waals surface area contributed by atoms with Crippen LogP contribution in [0.2, 0.25) is 0 Å². The highest BCUT2D eigenvalue weighted by Crippen LogP contribution is 2.22. The zero-order valence-electron chi connectivity index (χ0n) is 16.6. The molecule has 4 rings (SSSR count). The first kappa shape index (κ1) is 19.8. The summed E-state index contributed by atoms with van der Waals surface area (Å²) in [7, 11) is 0. The Morgan fingerprint density at radius 3 is 2.53 bits per heavy atom. The molecule has 154 valence electrons. The predicted octanol–water partition coefficient (Wildman–Crippen LogP) is 2.78. The fourth-order valence-electron chi connectivity index (χ4n) is 3.34. The van der Waals surface area contributed by atoms with Crippen molar-refractivity contribution in [3.63, 3.8) is 0 Å². The SMILES string of the molecule is Cc1cccc(C)c1OC[C@H](O)Cn1cnc2c(cnn2-c2ccc(F)cc2)c1=O. The van der Waals surface area contributed by atoms with Crippen LogP contribution in [0.5, 0.6) is 5.75 Å². The minimum absolute atomic E-state index is 0.0361. The molecule has 0 unspecified atom stereocenters. The lowest BCUT2D eigenvalue weighted by Crippen LogP contribution is -2.30. The Labute approximate surface area is 172 Å². The van der Waals surface area contributed by atoms with Gasteiger partial charge in [0.1, 0.15) is 36.0 Å². The number of ether oxygens (including phenoxy) is 1. The molecule has 2 aromatic carbocycles. The molecule has 1 N–H and O–H groups in total. The molecule has 1 atom stereocenters. The fraction of sp³-hybridized carbons (Fsp3) is 0.227. The van der Waals surface area contributed by atoms with Gasteiger partial charge in [-0.1, -0.05) is 18.2 Å².